The summed E-state index contributed by atoms with van der Waals surface area (Å²) in [5, 5.41) is 8.16. The zero-order valence-corrected chi connectivity index (χ0v) is 15.6. The molecule has 3 rings (SSSR count). The van der Waals surface area contributed by atoms with E-state index in [1.165, 1.54) is 6.26 Å². The predicted octanol–water partition coefficient (Wildman–Crippen LogP) is 2.30. The minimum absolute atomic E-state index is 0.202. The van der Waals surface area contributed by atoms with Crippen LogP contribution in [0.4, 0.5) is 0 Å². The van der Waals surface area contributed by atoms with Crippen molar-refractivity contribution in [3.05, 3.63) is 95.9 Å². The lowest BCUT2D eigenvalue weighted by molar-refractivity contribution is -0.123. The summed E-state index contributed by atoms with van der Waals surface area (Å²) >= 11 is 0. The Morgan fingerprint density at radius 1 is 0.759 bits per heavy atom. The molecular weight excluding hydrogens is 370 g/mol. The number of benzene rings is 2. The van der Waals surface area contributed by atoms with Gasteiger partial charge in [0.05, 0.1) is 6.26 Å². The van der Waals surface area contributed by atoms with Crippen molar-refractivity contribution in [1.29, 1.82) is 0 Å². The first kappa shape index (κ1) is 19.9. The topological polar surface area (TPSA) is 100 Å². The van der Waals surface area contributed by atoms with Crippen LogP contribution in [-0.2, 0) is 4.79 Å². The Hall–Kier alpha value is -3.87. The van der Waals surface area contributed by atoms with E-state index in [2.05, 4.69) is 16.0 Å². The fraction of sp³-hybridized carbons (Fsp3) is 0.136. The second-order valence-corrected chi connectivity index (χ2v) is 6.21. The van der Waals surface area contributed by atoms with Gasteiger partial charge in [0.2, 0.25) is 5.91 Å². The molecule has 3 N–H and O–H groups in total. The quantitative estimate of drug-likeness (QED) is 0.513. The van der Waals surface area contributed by atoms with Gasteiger partial charge in [-0.25, -0.2) is 0 Å². The number of amides is 3. The first-order chi connectivity index (χ1) is 14.1. The van der Waals surface area contributed by atoms with Crippen molar-refractivity contribution >= 4 is 17.7 Å². The van der Waals surface area contributed by atoms with Crippen LogP contribution in [0.15, 0.2) is 83.5 Å². The molecule has 2 aromatic carbocycles. The zero-order chi connectivity index (χ0) is 20.5. The number of rotatable bonds is 8. The van der Waals surface area contributed by atoms with Crippen molar-refractivity contribution in [1.82, 2.24) is 16.0 Å². The summed E-state index contributed by atoms with van der Waals surface area (Å²) in [5.41, 5.74) is 1.13. The number of hydrogen-bond acceptors (Lipinski definition) is 4. The molecule has 1 aromatic heterocycles. The van der Waals surface area contributed by atoms with Crippen LogP contribution >= 0.6 is 0 Å². The average Bonchev–Trinajstić information content (AvgIpc) is 3.31. The summed E-state index contributed by atoms with van der Waals surface area (Å²) in [5.74, 6) is -0.872. The van der Waals surface area contributed by atoms with Gasteiger partial charge in [0.25, 0.3) is 11.8 Å². The molecule has 0 aliphatic carbocycles. The SMILES string of the molecule is O=C(NC(C(=O)NCCNC(=O)c1ccco1)c1ccccc1)c1ccccc1. The van der Waals surface area contributed by atoms with Crippen LogP contribution in [0.5, 0.6) is 0 Å². The third kappa shape index (κ3) is 5.55. The van der Waals surface area contributed by atoms with Gasteiger partial charge in [0.1, 0.15) is 6.04 Å². The van der Waals surface area contributed by atoms with Gasteiger partial charge < -0.3 is 20.4 Å². The lowest BCUT2D eigenvalue weighted by Crippen LogP contribution is -2.43. The standard InChI is InChI=1S/C22H21N3O4/c26-20(17-10-5-2-6-11-17)25-19(16-8-3-1-4-9-16)22(28)24-14-13-23-21(27)18-12-7-15-29-18/h1-12,15,19H,13-14H2,(H,23,27)(H,24,28)(H,25,26). The maximum absolute atomic E-state index is 12.7. The Morgan fingerprint density at radius 3 is 2.07 bits per heavy atom. The Morgan fingerprint density at radius 2 is 1.41 bits per heavy atom. The summed E-state index contributed by atoms with van der Waals surface area (Å²) in [4.78, 5) is 37.1. The van der Waals surface area contributed by atoms with E-state index in [9.17, 15) is 14.4 Å². The minimum atomic E-state index is -0.857. The average molecular weight is 391 g/mol. The third-order valence-electron chi connectivity index (χ3n) is 4.16. The van der Waals surface area contributed by atoms with E-state index in [1.54, 1.807) is 60.7 Å². The fourth-order valence-electron chi connectivity index (χ4n) is 2.71. The Labute approximate surface area is 168 Å². The molecule has 1 atom stereocenters. The van der Waals surface area contributed by atoms with Gasteiger partial charge in [-0.3, -0.25) is 14.4 Å². The number of carbonyl (C=O) groups is 3. The van der Waals surface area contributed by atoms with Crippen molar-refractivity contribution in [3.8, 4) is 0 Å². The van der Waals surface area contributed by atoms with Gasteiger partial charge in [-0.15, -0.1) is 0 Å². The van der Waals surface area contributed by atoms with Gasteiger partial charge in [0.15, 0.2) is 5.76 Å². The zero-order valence-electron chi connectivity index (χ0n) is 15.6. The highest BCUT2D eigenvalue weighted by Gasteiger charge is 2.23. The van der Waals surface area contributed by atoms with Crippen LogP contribution in [0.3, 0.4) is 0 Å². The van der Waals surface area contributed by atoms with Crippen molar-refractivity contribution in [2.45, 2.75) is 6.04 Å². The number of nitrogens with one attached hydrogen (secondary N) is 3. The maximum Gasteiger partial charge on any atom is 0.287 e. The summed E-state index contributed by atoms with van der Waals surface area (Å²) in [6.45, 7) is 0.426. The predicted molar refractivity (Wildman–Crippen MR) is 107 cm³/mol. The molecule has 0 radical (unpaired) electrons. The molecule has 3 amide bonds. The first-order valence-electron chi connectivity index (χ1n) is 9.15. The summed E-state index contributed by atoms with van der Waals surface area (Å²) < 4.78 is 5.01. The van der Waals surface area contributed by atoms with E-state index in [0.29, 0.717) is 11.1 Å². The van der Waals surface area contributed by atoms with E-state index in [0.717, 1.165) is 0 Å². The highest BCUT2D eigenvalue weighted by atomic mass is 16.3. The molecule has 3 aromatic rings. The van der Waals surface area contributed by atoms with Crippen LogP contribution in [0.25, 0.3) is 0 Å². The van der Waals surface area contributed by atoms with Gasteiger partial charge in [-0.2, -0.15) is 0 Å². The Kier molecular flexibility index (Phi) is 6.78. The summed E-state index contributed by atoms with van der Waals surface area (Å²) in [7, 11) is 0. The van der Waals surface area contributed by atoms with Gasteiger partial charge in [-0.1, -0.05) is 48.5 Å². The van der Waals surface area contributed by atoms with E-state index in [1.807, 2.05) is 12.1 Å². The van der Waals surface area contributed by atoms with Gasteiger partial charge in [-0.05, 0) is 29.8 Å². The molecule has 148 valence electrons. The summed E-state index contributed by atoms with van der Waals surface area (Å²) in [6, 6.07) is 20.0. The first-order valence-corrected chi connectivity index (χ1v) is 9.15. The largest absolute Gasteiger partial charge is 0.459 e. The molecule has 0 aliphatic heterocycles. The molecule has 0 fully saturated rings. The highest BCUT2D eigenvalue weighted by molar-refractivity contribution is 5.97. The van der Waals surface area contributed by atoms with Crippen molar-refractivity contribution in [2.24, 2.45) is 0 Å². The molecule has 0 spiro atoms. The van der Waals surface area contributed by atoms with Gasteiger partial charge in [0, 0.05) is 18.7 Å². The second-order valence-electron chi connectivity index (χ2n) is 6.21. The molecule has 0 saturated heterocycles. The molecule has 7 heteroatoms. The van der Waals surface area contributed by atoms with E-state index >= 15 is 0 Å². The number of carbonyl (C=O) groups excluding carboxylic acids is 3. The summed E-state index contributed by atoms with van der Waals surface area (Å²) in [6.07, 6.45) is 1.41. The van der Waals surface area contributed by atoms with Crippen molar-refractivity contribution in [2.75, 3.05) is 13.1 Å². The molecule has 1 unspecified atom stereocenters. The molecule has 7 nitrogen and oxygen atoms in total. The normalized spacial score (nSPS) is 11.3. The number of hydrogen-bond donors (Lipinski definition) is 3. The molecule has 29 heavy (non-hydrogen) atoms. The van der Waals surface area contributed by atoms with Crippen LogP contribution in [0.2, 0.25) is 0 Å². The smallest absolute Gasteiger partial charge is 0.287 e. The monoisotopic (exact) mass is 391 g/mol. The molecule has 1 heterocycles. The molecule has 0 saturated carbocycles. The van der Waals surface area contributed by atoms with E-state index < -0.39 is 6.04 Å². The molecular formula is C22H21N3O4. The third-order valence-corrected chi connectivity index (χ3v) is 4.16. The fourth-order valence-corrected chi connectivity index (χ4v) is 2.71. The Balaban J connectivity index is 1.59. The van der Waals surface area contributed by atoms with Crippen LogP contribution < -0.4 is 16.0 Å². The highest BCUT2D eigenvalue weighted by Crippen LogP contribution is 2.14. The molecule has 0 bridgehead atoms. The van der Waals surface area contributed by atoms with Gasteiger partial charge >= 0.3 is 0 Å². The van der Waals surface area contributed by atoms with Crippen molar-refractivity contribution < 1.29 is 18.8 Å². The molecule has 0 aliphatic rings. The maximum atomic E-state index is 12.7. The second kappa shape index (κ2) is 9.89. The van der Waals surface area contributed by atoms with Crippen LogP contribution in [-0.4, -0.2) is 30.8 Å². The minimum Gasteiger partial charge on any atom is -0.459 e. The van der Waals surface area contributed by atoms with Crippen molar-refractivity contribution in [3.63, 3.8) is 0 Å². The lowest BCUT2D eigenvalue weighted by atomic mass is 10.1. The van der Waals surface area contributed by atoms with Crippen LogP contribution in [0, 0.1) is 0 Å². The van der Waals surface area contributed by atoms with E-state index in [-0.39, 0.29) is 36.6 Å². The lowest BCUT2D eigenvalue weighted by Gasteiger charge is -2.19. The number of furan rings is 1. The van der Waals surface area contributed by atoms with Crippen LogP contribution in [0.1, 0.15) is 32.5 Å². The Bertz CT molecular complexity index is 941. The van der Waals surface area contributed by atoms with E-state index in [4.69, 9.17) is 4.42 Å².